The lowest BCUT2D eigenvalue weighted by molar-refractivity contribution is -0.129. The first-order chi connectivity index (χ1) is 9.98. The minimum absolute atomic E-state index is 0.147. The first-order valence-electron chi connectivity index (χ1n) is 8.16. The summed E-state index contributed by atoms with van der Waals surface area (Å²) in [5.41, 5.74) is 7.31. The van der Waals surface area contributed by atoms with Gasteiger partial charge in [0.05, 0.1) is 0 Å². The predicted octanol–water partition coefficient (Wildman–Crippen LogP) is 4.23. The van der Waals surface area contributed by atoms with Crippen molar-refractivity contribution in [2.75, 3.05) is 17.2 Å². The number of rotatable bonds is 5. The Kier molecular flexibility index (Phi) is 4.92. The number of carbonyl (C=O) groups is 1. The van der Waals surface area contributed by atoms with Gasteiger partial charge in [-0.05, 0) is 56.4 Å². The highest BCUT2D eigenvalue weighted by atomic mass is 16.2. The van der Waals surface area contributed by atoms with Crippen LogP contribution in [-0.2, 0) is 4.79 Å². The van der Waals surface area contributed by atoms with Crippen LogP contribution in [0.25, 0.3) is 0 Å². The van der Waals surface area contributed by atoms with E-state index in [1.165, 1.54) is 12.8 Å². The minimum Gasteiger partial charge on any atom is -0.399 e. The van der Waals surface area contributed by atoms with Crippen LogP contribution in [0.1, 0.15) is 52.9 Å². The number of amides is 1. The van der Waals surface area contributed by atoms with Gasteiger partial charge in [-0.15, -0.1) is 0 Å². The zero-order chi connectivity index (χ0) is 15.5. The van der Waals surface area contributed by atoms with Crippen LogP contribution >= 0.6 is 0 Å². The molecule has 0 aromatic heterocycles. The van der Waals surface area contributed by atoms with Crippen LogP contribution in [0, 0.1) is 11.3 Å². The Morgan fingerprint density at radius 1 is 1.24 bits per heavy atom. The van der Waals surface area contributed by atoms with E-state index in [-0.39, 0.29) is 5.41 Å². The number of nitrogens with zero attached hydrogens (tertiary/aromatic N) is 1. The van der Waals surface area contributed by atoms with E-state index in [9.17, 15) is 4.79 Å². The molecule has 2 rings (SSSR count). The maximum Gasteiger partial charge on any atom is 0.233 e. The highest BCUT2D eigenvalue weighted by molar-refractivity contribution is 5.97. The van der Waals surface area contributed by atoms with Crippen molar-refractivity contribution >= 4 is 17.3 Å². The van der Waals surface area contributed by atoms with Gasteiger partial charge in [0.15, 0.2) is 0 Å². The summed E-state index contributed by atoms with van der Waals surface area (Å²) in [6.45, 7) is 7.19. The van der Waals surface area contributed by atoms with Gasteiger partial charge >= 0.3 is 0 Å². The number of anilines is 2. The van der Waals surface area contributed by atoms with Crippen LogP contribution < -0.4 is 10.6 Å². The fourth-order valence-corrected chi connectivity index (χ4v) is 3.72. The molecule has 0 saturated heterocycles. The molecule has 21 heavy (non-hydrogen) atoms. The molecule has 3 heteroatoms. The summed E-state index contributed by atoms with van der Waals surface area (Å²) in [6.07, 6.45) is 5.43. The Hall–Kier alpha value is -1.51. The summed E-state index contributed by atoms with van der Waals surface area (Å²) in [5.74, 6) is 0.859. The van der Waals surface area contributed by atoms with E-state index in [1.54, 1.807) is 0 Å². The summed E-state index contributed by atoms with van der Waals surface area (Å²) in [7, 11) is 0. The Balaban J connectivity index is 2.27. The lowest BCUT2D eigenvalue weighted by atomic mass is 9.77. The third-order valence-electron chi connectivity index (χ3n) is 4.58. The predicted molar refractivity (Wildman–Crippen MR) is 89.2 cm³/mol. The Morgan fingerprint density at radius 2 is 1.81 bits per heavy atom. The molecule has 0 unspecified atom stereocenters. The molecule has 1 aliphatic rings. The second-order valence-electron chi connectivity index (χ2n) is 6.73. The van der Waals surface area contributed by atoms with Crippen molar-refractivity contribution in [3.05, 3.63) is 24.3 Å². The van der Waals surface area contributed by atoms with E-state index in [0.29, 0.717) is 18.4 Å². The smallest absolute Gasteiger partial charge is 0.233 e. The van der Waals surface area contributed by atoms with Gasteiger partial charge in [0.1, 0.15) is 0 Å². The number of benzene rings is 1. The first-order valence-corrected chi connectivity index (χ1v) is 8.16. The summed E-state index contributed by atoms with van der Waals surface area (Å²) >= 11 is 0. The summed E-state index contributed by atoms with van der Waals surface area (Å²) in [6, 6.07) is 7.65. The molecule has 0 aliphatic heterocycles. The van der Waals surface area contributed by atoms with Crippen LogP contribution in [0.15, 0.2) is 24.3 Å². The van der Waals surface area contributed by atoms with Crippen molar-refractivity contribution in [1.29, 1.82) is 0 Å². The van der Waals surface area contributed by atoms with Gasteiger partial charge in [-0.3, -0.25) is 4.79 Å². The normalized spacial score (nSPS) is 17.1. The molecule has 0 atom stereocenters. The van der Waals surface area contributed by atoms with Crippen LogP contribution in [-0.4, -0.2) is 12.5 Å². The molecule has 1 aromatic carbocycles. The lowest BCUT2D eigenvalue weighted by Crippen LogP contribution is -2.43. The SMILES string of the molecule is CCN(C(=O)C1(CC(C)C)CCCC1)c1ccc(N)cc1. The molecule has 0 bridgehead atoms. The number of hydrogen-bond acceptors (Lipinski definition) is 2. The molecule has 1 fully saturated rings. The van der Waals surface area contributed by atoms with E-state index >= 15 is 0 Å². The van der Waals surface area contributed by atoms with E-state index in [1.807, 2.05) is 36.1 Å². The third-order valence-corrected chi connectivity index (χ3v) is 4.58. The average Bonchev–Trinajstić information content (AvgIpc) is 2.90. The topological polar surface area (TPSA) is 46.3 Å². The van der Waals surface area contributed by atoms with Crippen molar-refractivity contribution in [1.82, 2.24) is 0 Å². The van der Waals surface area contributed by atoms with Gasteiger partial charge in [0.2, 0.25) is 5.91 Å². The van der Waals surface area contributed by atoms with E-state index in [0.717, 1.165) is 30.6 Å². The van der Waals surface area contributed by atoms with Crippen molar-refractivity contribution in [3.63, 3.8) is 0 Å². The summed E-state index contributed by atoms with van der Waals surface area (Å²) in [4.78, 5) is 15.2. The summed E-state index contributed by atoms with van der Waals surface area (Å²) in [5, 5.41) is 0. The third kappa shape index (κ3) is 3.39. The number of nitrogens with two attached hydrogens (primary N) is 1. The Bertz CT molecular complexity index is 472. The van der Waals surface area contributed by atoms with Gasteiger partial charge in [-0.25, -0.2) is 0 Å². The second-order valence-corrected chi connectivity index (χ2v) is 6.73. The van der Waals surface area contributed by atoms with Crippen LogP contribution in [0.3, 0.4) is 0 Å². The largest absolute Gasteiger partial charge is 0.399 e. The van der Waals surface area contributed by atoms with Crippen molar-refractivity contribution in [2.24, 2.45) is 11.3 Å². The zero-order valence-corrected chi connectivity index (χ0v) is 13.6. The zero-order valence-electron chi connectivity index (χ0n) is 13.6. The molecule has 2 N–H and O–H groups in total. The molecule has 3 nitrogen and oxygen atoms in total. The highest BCUT2D eigenvalue weighted by Gasteiger charge is 2.43. The fourth-order valence-electron chi connectivity index (χ4n) is 3.72. The van der Waals surface area contributed by atoms with Crippen molar-refractivity contribution in [3.8, 4) is 0 Å². The molecular formula is C18H28N2O. The van der Waals surface area contributed by atoms with Crippen LogP contribution in [0.5, 0.6) is 0 Å². The molecule has 1 aromatic rings. The van der Waals surface area contributed by atoms with Gasteiger partial charge in [0, 0.05) is 23.3 Å². The summed E-state index contributed by atoms with van der Waals surface area (Å²) < 4.78 is 0. The molecule has 0 radical (unpaired) electrons. The Labute approximate surface area is 128 Å². The molecule has 0 heterocycles. The molecule has 1 aliphatic carbocycles. The lowest BCUT2D eigenvalue weighted by Gasteiger charge is -2.35. The van der Waals surface area contributed by atoms with E-state index in [2.05, 4.69) is 13.8 Å². The van der Waals surface area contributed by atoms with Crippen LogP contribution in [0.4, 0.5) is 11.4 Å². The maximum absolute atomic E-state index is 13.2. The monoisotopic (exact) mass is 288 g/mol. The van der Waals surface area contributed by atoms with Gasteiger partial charge in [-0.1, -0.05) is 26.7 Å². The Morgan fingerprint density at radius 3 is 2.29 bits per heavy atom. The van der Waals surface area contributed by atoms with Gasteiger partial charge < -0.3 is 10.6 Å². The molecule has 1 saturated carbocycles. The number of carbonyl (C=O) groups excluding carboxylic acids is 1. The molecule has 0 spiro atoms. The van der Waals surface area contributed by atoms with E-state index in [4.69, 9.17) is 5.73 Å². The van der Waals surface area contributed by atoms with Gasteiger partial charge in [-0.2, -0.15) is 0 Å². The first kappa shape index (κ1) is 15.9. The minimum atomic E-state index is -0.147. The average molecular weight is 288 g/mol. The van der Waals surface area contributed by atoms with Crippen molar-refractivity contribution < 1.29 is 4.79 Å². The van der Waals surface area contributed by atoms with Crippen LogP contribution in [0.2, 0.25) is 0 Å². The van der Waals surface area contributed by atoms with E-state index < -0.39 is 0 Å². The maximum atomic E-state index is 13.2. The second kappa shape index (κ2) is 6.50. The molecular weight excluding hydrogens is 260 g/mol. The molecule has 1 amide bonds. The fraction of sp³-hybridized carbons (Fsp3) is 0.611. The molecule has 116 valence electrons. The standard InChI is InChI=1S/C18H28N2O/c1-4-20(16-9-7-15(19)8-10-16)17(21)18(13-14(2)3)11-5-6-12-18/h7-10,14H,4-6,11-13,19H2,1-3H3. The number of hydrogen-bond donors (Lipinski definition) is 1. The highest BCUT2D eigenvalue weighted by Crippen LogP contribution is 2.45. The number of nitrogen functional groups attached to an aromatic ring is 1. The quantitative estimate of drug-likeness (QED) is 0.824. The van der Waals surface area contributed by atoms with Gasteiger partial charge in [0.25, 0.3) is 0 Å². The van der Waals surface area contributed by atoms with Crippen molar-refractivity contribution in [2.45, 2.75) is 52.9 Å².